The highest BCUT2D eigenvalue weighted by Gasteiger charge is 2.30. The first kappa shape index (κ1) is 16.3. The zero-order chi connectivity index (χ0) is 15.2. The standard InChI is InChI=1S/C13H15F3O4/c1-19-11-5-3-2-4-9(11)8-10(12(17)18)6-7-20-13(14,15)16/h2-5,10H,6-8H2,1H3,(H,17,18). The lowest BCUT2D eigenvalue weighted by Gasteiger charge is -2.15. The van der Waals surface area contributed by atoms with E-state index in [4.69, 9.17) is 9.84 Å². The van der Waals surface area contributed by atoms with Gasteiger partial charge in [0.05, 0.1) is 19.6 Å². The van der Waals surface area contributed by atoms with Crippen molar-refractivity contribution in [1.29, 1.82) is 0 Å². The number of carbonyl (C=O) groups is 1. The van der Waals surface area contributed by atoms with Crippen LogP contribution in [-0.2, 0) is 16.0 Å². The lowest BCUT2D eigenvalue weighted by Crippen LogP contribution is -2.22. The smallest absolute Gasteiger partial charge is 0.496 e. The summed E-state index contributed by atoms with van der Waals surface area (Å²) < 4.78 is 44.3. The number of methoxy groups -OCH3 is 1. The molecule has 0 aliphatic rings. The Labute approximate surface area is 114 Å². The lowest BCUT2D eigenvalue weighted by molar-refractivity contribution is -0.325. The van der Waals surface area contributed by atoms with Gasteiger partial charge in [0.25, 0.3) is 0 Å². The van der Waals surface area contributed by atoms with Crippen LogP contribution in [0.3, 0.4) is 0 Å². The van der Waals surface area contributed by atoms with Crippen LogP contribution in [0.2, 0.25) is 0 Å². The Morgan fingerprint density at radius 1 is 1.35 bits per heavy atom. The van der Waals surface area contributed by atoms with E-state index >= 15 is 0 Å². The summed E-state index contributed by atoms with van der Waals surface area (Å²) in [6.07, 6.45) is -4.89. The van der Waals surface area contributed by atoms with Crippen molar-refractivity contribution in [2.75, 3.05) is 13.7 Å². The van der Waals surface area contributed by atoms with E-state index in [1.54, 1.807) is 24.3 Å². The summed E-state index contributed by atoms with van der Waals surface area (Å²) >= 11 is 0. The van der Waals surface area contributed by atoms with Crippen LogP contribution in [0, 0.1) is 5.92 Å². The Bertz CT molecular complexity index is 445. The molecule has 0 aliphatic heterocycles. The van der Waals surface area contributed by atoms with Gasteiger partial charge in [-0.3, -0.25) is 9.53 Å². The molecule has 112 valence electrons. The number of aliphatic carboxylic acids is 1. The normalized spacial score (nSPS) is 13.0. The summed E-state index contributed by atoms with van der Waals surface area (Å²) in [5, 5.41) is 9.05. The number of halogens is 3. The van der Waals surface area contributed by atoms with E-state index in [2.05, 4.69) is 4.74 Å². The molecule has 0 spiro atoms. The van der Waals surface area contributed by atoms with E-state index < -0.39 is 24.9 Å². The largest absolute Gasteiger partial charge is 0.522 e. The molecule has 1 aromatic carbocycles. The summed E-state index contributed by atoms with van der Waals surface area (Å²) in [6, 6.07) is 6.79. The van der Waals surface area contributed by atoms with Gasteiger partial charge in [-0.1, -0.05) is 18.2 Å². The van der Waals surface area contributed by atoms with Crippen molar-refractivity contribution < 1.29 is 32.5 Å². The predicted octanol–water partition coefficient (Wildman–Crippen LogP) is 2.87. The maximum Gasteiger partial charge on any atom is 0.522 e. The van der Waals surface area contributed by atoms with E-state index in [-0.39, 0.29) is 12.8 Å². The molecule has 1 unspecified atom stereocenters. The molecule has 1 aromatic rings. The van der Waals surface area contributed by atoms with Gasteiger partial charge in [-0.05, 0) is 24.5 Å². The van der Waals surface area contributed by atoms with Crippen LogP contribution < -0.4 is 4.74 Å². The van der Waals surface area contributed by atoms with Crippen molar-refractivity contribution in [3.05, 3.63) is 29.8 Å². The summed E-state index contributed by atoms with van der Waals surface area (Å²) in [6.45, 7) is -0.685. The van der Waals surface area contributed by atoms with Gasteiger partial charge >= 0.3 is 12.3 Å². The summed E-state index contributed by atoms with van der Waals surface area (Å²) in [4.78, 5) is 11.1. The van der Waals surface area contributed by atoms with Crippen molar-refractivity contribution in [3.63, 3.8) is 0 Å². The molecule has 20 heavy (non-hydrogen) atoms. The minimum absolute atomic E-state index is 0.0839. The van der Waals surface area contributed by atoms with Crippen LogP contribution in [0.15, 0.2) is 24.3 Å². The lowest BCUT2D eigenvalue weighted by atomic mass is 9.96. The van der Waals surface area contributed by atoms with Gasteiger partial charge in [0.2, 0.25) is 0 Å². The fourth-order valence-electron chi connectivity index (χ4n) is 1.77. The van der Waals surface area contributed by atoms with Crippen LogP contribution >= 0.6 is 0 Å². The van der Waals surface area contributed by atoms with Gasteiger partial charge in [0.1, 0.15) is 5.75 Å². The number of hydrogen-bond donors (Lipinski definition) is 1. The molecule has 1 rings (SSSR count). The van der Waals surface area contributed by atoms with Crippen LogP contribution in [-0.4, -0.2) is 31.2 Å². The molecular weight excluding hydrogens is 277 g/mol. The van der Waals surface area contributed by atoms with Crippen LogP contribution in [0.5, 0.6) is 5.75 Å². The second-order valence-electron chi connectivity index (χ2n) is 4.13. The van der Waals surface area contributed by atoms with E-state index in [1.165, 1.54) is 7.11 Å². The van der Waals surface area contributed by atoms with Crippen LogP contribution in [0.4, 0.5) is 13.2 Å². The van der Waals surface area contributed by atoms with E-state index in [1.807, 2.05) is 0 Å². The van der Waals surface area contributed by atoms with Crippen molar-refractivity contribution in [3.8, 4) is 5.75 Å². The molecule has 0 amide bonds. The van der Waals surface area contributed by atoms with Crippen molar-refractivity contribution >= 4 is 5.97 Å². The maximum atomic E-state index is 11.9. The zero-order valence-corrected chi connectivity index (χ0v) is 10.8. The third-order valence-electron chi connectivity index (χ3n) is 2.74. The van der Waals surface area contributed by atoms with Crippen molar-refractivity contribution in [1.82, 2.24) is 0 Å². The number of para-hydroxylation sites is 1. The Balaban J connectivity index is 2.65. The number of rotatable bonds is 7. The Kier molecular flexibility index (Phi) is 5.82. The number of benzene rings is 1. The van der Waals surface area contributed by atoms with Crippen molar-refractivity contribution in [2.24, 2.45) is 5.92 Å². The molecule has 0 fully saturated rings. The average Bonchev–Trinajstić information content (AvgIpc) is 2.36. The molecule has 0 aliphatic carbocycles. The number of carboxylic acid groups (broad SMARTS) is 1. The van der Waals surface area contributed by atoms with Crippen LogP contribution in [0.1, 0.15) is 12.0 Å². The van der Waals surface area contributed by atoms with Gasteiger partial charge in [0, 0.05) is 0 Å². The highest BCUT2D eigenvalue weighted by Crippen LogP contribution is 2.23. The predicted molar refractivity (Wildman–Crippen MR) is 64.4 cm³/mol. The van der Waals surface area contributed by atoms with Crippen molar-refractivity contribution in [2.45, 2.75) is 19.2 Å². The molecule has 4 nitrogen and oxygen atoms in total. The number of hydrogen-bond acceptors (Lipinski definition) is 3. The summed E-state index contributed by atoms with van der Waals surface area (Å²) in [5.41, 5.74) is 0.634. The SMILES string of the molecule is COc1ccccc1CC(CCOC(F)(F)F)C(=O)O. The number of alkyl halides is 3. The molecule has 0 bridgehead atoms. The second kappa shape index (κ2) is 7.14. The second-order valence-corrected chi connectivity index (χ2v) is 4.13. The average molecular weight is 292 g/mol. The first-order valence-electron chi connectivity index (χ1n) is 5.89. The molecule has 0 aromatic heterocycles. The number of ether oxygens (including phenoxy) is 2. The molecule has 1 atom stereocenters. The minimum atomic E-state index is -4.74. The van der Waals surface area contributed by atoms with E-state index in [9.17, 15) is 18.0 Å². The van der Waals surface area contributed by atoms with Gasteiger partial charge in [-0.2, -0.15) is 0 Å². The van der Waals surface area contributed by atoms with Crippen LogP contribution in [0.25, 0.3) is 0 Å². The molecule has 0 saturated heterocycles. The maximum absolute atomic E-state index is 11.9. The quantitative estimate of drug-likeness (QED) is 0.839. The topological polar surface area (TPSA) is 55.8 Å². The van der Waals surface area contributed by atoms with Gasteiger partial charge in [-0.15, -0.1) is 13.2 Å². The third-order valence-corrected chi connectivity index (χ3v) is 2.74. The van der Waals surface area contributed by atoms with Gasteiger partial charge < -0.3 is 9.84 Å². The zero-order valence-electron chi connectivity index (χ0n) is 10.8. The monoisotopic (exact) mass is 292 g/mol. The fourth-order valence-corrected chi connectivity index (χ4v) is 1.77. The molecule has 7 heteroatoms. The Morgan fingerprint density at radius 3 is 2.55 bits per heavy atom. The molecule has 0 saturated carbocycles. The van der Waals surface area contributed by atoms with E-state index in [0.717, 1.165) is 0 Å². The molecule has 1 N–H and O–H groups in total. The van der Waals surface area contributed by atoms with Gasteiger partial charge in [0.15, 0.2) is 0 Å². The third kappa shape index (κ3) is 5.48. The first-order chi connectivity index (χ1) is 9.33. The highest BCUT2D eigenvalue weighted by atomic mass is 19.4. The molecule has 0 radical (unpaired) electrons. The minimum Gasteiger partial charge on any atom is -0.496 e. The summed E-state index contributed by atoms with van der Waals surface area (Å²) in [7, 11) is 1.45. The van der Waals surface area contributed by atoms with Gasteiger partial charge in [-0.25, -0.2) is 0 Å². The molecular formula is C13H15F3O4. The Morgan fingerprint density at radius 2 is 2.00 bits per heavy atom. The molecule has 0 heterocycles. The number of carboxylic acids is 1. The first-order valence-corrected chi connectivity index (χ1v) is 5.89. The highest BCUT2D eigenvalue weighted by molar-refractivity contribution is 5.70. The van der Waals surface area contributed by atoms with E-state index in [0.29, 0.717) is 11.3 Å². The Hall–Kier alpha value is -1.76. The fraction of sp³-hybridized carbons (Fsp3) is 0.462. The summed E-state index contributed by atoms with van der Waals surface area (Å²) in [5.74, 6) is -1.62.